The van der Waals surface area contributed by atoms with Crippen LogP contribution in [-0.2, 0) is 16.6 Å². The lowest BCUT2D eigenvalue weighted by Gasteiger charge is -2.13. The van der Waals surface area contributed by atoms with Crippen molar-refractivity contribution in [1.29, 1.82) is 0 Å². The molecule has 0 amide bonds. The number of sulfonamides is 1. The molecule has 1 N–H and O–H groups in total. The Labute approximate surface area is 149 Å². The van der Waals surface area contributed by atoms with Crippen molar-refractivity contribution in [3.8, 4) is 17.2 Å². The van der Waals surface area contributed by atoms with Crippen molar-refractivity contribution < 1.29 is 22.6 Å². The second kappa shape index (κ2) is 7.87. The molecule has 2 aromatic carbocycles. The van der Waals surface area contributed by atoms with E-state index >= 15 is 0 Å². The fourth-order valence-electron chi connectivity index (χ4n) is 2.13. The van der Waals surface area contributed by atoms with Gasteiger partial charge in [0.25, 0.3) is 0 Å². The molecule has 0 aromatic heterocycles. The van der Waals surface area contributed by atoms with E-state index in [1.54, 1.807) is 37.4 Å². The summed E-state index contributed by atoms with van der Waals surface area (Å²) in [6.45, 7) is 0.0539. The molecule has 0 fully saturated rings. The van der Waals surface area contributed by atoms with Crippen molar-refractivity contribution in [1.82, 2.24) is 4.72 Å². The zero-order chi connectivity index (χ0) is 17.7. The largest absolute Gasteiger partial charge is 0.497 e. The second-order valence-electron chi connectivity index (χ2n) is 4.80. The van der Waals surface area contributed by atoms with Crippen LogP contribution >= 0.6 is 15.9 Å². The standard InChI is InChI=1S/C16H18BrNO5S/c1-21-13-5-7-14(22-2)11(8-13)10-18-24(19,20)16-9-12(17)4-6-15(16)23-3/h4-9,18H,10H2,1-3H3. The summed E-state index contributed by atoms with van der Waals surface area (Å²) in [7, 11) is 0.723. The molecule has 6 nitrogen and oxygen atoms in total. The smallest absolute Gasteiger partial charge is 0.244 e. The number of halogens is 1. The van der Waals surface area contributed by atoms with Crippen LogP contribution in [0.15, 0.2) is 45.8 Å². The fraction of sp³-hybridized carbons (Fsp3) is 0.250. The highest BCUT2D eigenvalue weighted by Gasteiger charge is 2.20. The molecule has 24 heavy (non-hydrogen) atoms. The quantitative estimate of drug-likeness (QED) is 0.752. The molecular formula is C16H18BrNO5S. The molecule has 0 bridgehead atoms. The Morgan fingerprint density at radius 2 is 1.62 bits per heavy atom. The third kappa shape index (κ3) is 4.19. The van der Waals surface area contributed by atoms with E-state index in [0.717, 1.165) is 0 Å². The van der Waals surface area contributed by atoms with Gasteiger partial charge in [0.1, 0.15) is 22.1 Å². The van der Waals surface area contributed by atoms with Crippen molar-refractivity contribution in [2.24, 2.45) is 0 Å². The Kier molecular flexibility index (Phi) is 6.09. The summed E-state index contributed by atoms with van der Waals surface area (Å²) in [4.78, 5) is 0.0567. The first-order chi connectivity index (χ1) is 11.4. The average Bonchev–Trinajstić information content (AvgIpc) is 2.59. The minimum Gasteiger partial charge on any atom is -0.497 e. The van der Waals surface area contributed by atoms with Gasteiger partial charge < -0.3 is 14.2 Å². The lowest BCUT2D eigenvalue weighted by atomic mass is 10.2. The van der Waals surface area contributed by atoms with Crippen molar-refractivity contribution in [3.05, 3.63) is 46.4 Å². The molecule has 0 radical (unpaired) electrons. The Bertz CT molecular complexity index is 823. The van der Waals surface area contributed by atoms with Gasteiger partial charge in [-0.1, -0.05) is 15.9 Å². The van der Waals surface area contributed by atoms with Gasteiger partial charge in [-0.3, -0.25) is 0 Å². The number of hydrogen-bond donors (Lipinski definition) is 1. The van der Waals surface area contributed by atoms with Crippen LogP contribution < -0.4 is 18.9 Å². The Balaban J connectivity index is 2.30. The van der Waals surface area contributed by atoms with Crippen molar-refractivity contribution in [2.75, 3.05) is 21.3 Å². The highest BCUT2D eigenvalue weighted by atomic mass is 79.9. The van der Waals surface area contributed by atoms with Crippen LogP contribution in [0.5, 0.6) is 17.2 Å². The lowest BCUT2D eigenvalue weighted by molar-refractivity contribution is 0.397. The van der Waals surface area contributed by atoms with E-state index in [1.165, 1.54) is 20.3 Å². The van der Waals surface area contributed by atoms with Crippen molar-refractivity contribution in [2.45, 2.75) is 11.4 Å². The topological polar surface area (TPSA) is 73.9 Å². The molecule has 0 saturated heterocycles. The molecule has 130 valence electrons. The maximum absolute atomic E-state index is 12.6. The predicted molar refractivity (Wildman–Crippen MR) is 94.3 cm³/mol. The molecule has 2 aromatic rings. The van der Waals surface area contributed by atoms with Gasteiger partial charge in [-0.2, -0.15) is 0 Å². The van der Waals surface area contributed by atoms with E-state index < -0.39 is 10.0 Å². The third-order valence-corrected chi connectivity index (χ3v) is 5.27. The molecule has 0 aliphatic carbocycles. The lowest BCUT2D eigenvalue weighted by Crippen LogP contribution is -2.24. The predicted octanol–water partition coefficient (Wildman–Crippen LogP) is 2.95. The zero-order valence-electron chi connectivity index (χ0n) is 13.5. The van der Waals surface area contributed by atoms with E-state index in [1.807, 2.05) is 0 Å². The maximum Gasteiger partial charge on any atom is 0.244 e. The minimum absolute atomic E-state index is 0.0539. The third-order valence-electron chi connectivity index (χ3n) is 3.36. The highest BCUT2D eigenvalue weighted by molar-refractivity contribution is 9.10. The van der Waals surface area contributed by atoms with Crippen LogP contribution in [0.25, 0.3) is 0 Å². The van der Waals surface area contributed by atoms with Crippen LogP contribution in [0.1, 0.15) is 5.56 Å². The molecular weight excluding hydrogens is 398 g/mol. The van der Waals surface area contributed by atoms with E-state index in [-0.39, 0.29) is 17.2 Å². The number of ether oxygens (including phenoxy) is 3. The summed E-state index contributed by atoms with van der Waals surface area (Å²) in [5.74, 6) is 1.45. The van der Waals surface area contributed by atoms with Crippen LogP contribution in [0, 0.1) is 0 Å². The first kappa shape index (κ1) is 18.6. The molecule has 0 spiro atoms. The van der Waals surface area contributed by atoms with Crippen molar-refractivity contribution >= 4 is 26.0 Å². The molecule has 8 heteroatoms. The Morgan fingerprint density at radius 3 is 2.25 bits per heavy atom. The number of rotatable bonds is 7. The molecule has 0 unspecified atom stereocenters. The number of hydrogen-bond acceptors (Lipinski definition) is 5. The van der Waals surface area contributed by atoms with Gasteiger partial charge in [-0.25, -0.2) is 13.1 Å². The van der Waals surface area contributed by atoms with Gasteiger partial charge in [-0.05, 0) is 36.4 Å². The molecule has 2 rings (SSSR count). The van der Waals surface area contributed by atoms with Gasteiger partial charge in [-0.15, -0.1) is 0 Å². The van der Waals surface area contributed by atoms with Gasteiger partial charge in [0.15, 0.2) is 0 Å². The Morgan fingerprint density at radius 1 is 0.958 bits per heavy atom. The second-order valence-corrected chi connectivity index (χ2v) is 7.45. The van der Waals surface area contributed by atoms with Gasteiger partial charge in [0, 0.05) is 16.6 Å². The number of benzene rings is 2. The minimum atomic E-state index is -3.77. The zero-order valence-corrected chi connectivity index (χ0v) is 15.9. The molecule has 0 saturated carbocycles. The van der Waals surface area contributed by atoms with Crippen LogP contribution in [0.4, 0.5) is 0 Å². The van der Waals surface area contributed by atoms with Gasteiger partial charge in [0.2, 0.25) is 10.0 Å². The molecule has 0 heterocycles. The number of nitrogens with one attached hydrogen (secondary N) is 1. The normalized spacial score (nSPS) is 11.2. The maximum atomic E-state index is 12.6. The summed E-state index contributed by atoms with van der Waals surface area (Å²) in [5.41, 5.74) is 0.661. The van der Waals surface area contributed by atoms with Gasteiger partial charge >= 0.3 is 0 Å². The summed E-state index contributed by atoms with van der Waals surface area (Å²) < 4.78 is 44.0. The fourth-order valence-corrected chi connectivity index (χ4v) is 3.84. The van der Waals surface area contributed by atoms with E-state index in [0.29, 0.717) is 21.5 Å². The van der Waals surface area contributed by atoms with E-state index in [4.69, 9.17) is 14.2 Å². The molecule has 0 aliphatic rings. The average molecular weight is 416 g/mol. The van der Waals surface area contributed by atoms with Crippen LogP contribution in [0.2, 0.25) is 0 Å². The summed E-state index contributed by atoms with van der Waals surface area (Å²) in [6, 6.07) is 9.98. The highest BCUT2D eigenvalue weighted by Crippen LogP contribution is 2.28. The first-order valence-electron chi connectivity index (χ1n) is 6.95. The molecule has 0 atom stereocenters. The first-order valence-corrected chi connectivity index (χ1v) is 9.23. The molecule has 0 aliphatic heterocycles. The van der Waals surface area contributed by atoms with Crippen LogP contribution in [-0.4, -0.2) is 29.7 Å². The monoisotopic (exact) mass is 415 g/mol. The van der Waals surface area contributed by atoms with Crippen molar-refractivity contribution in [3.63, 3.8) is 0 Å². The Hall–Kier alpha value is -1.77. The summed E-state index contributed by atoms with van der Waals surface area (Å²) in [5, 5.41) is 0. The van der Waals surface area contributed by atoms with Crippen LogP contribution in [0.3, 0.4) is 0 Å². The van der Waals surface area contributed by atoms with Gasteiger partial charge in [0.05, 0.1) is 21.3 Å². The summed E-state index contributed by atoms with van der Waals surface area (Å²) >= 11 is 3.27. The number of methoxy groups -OCH3 is 3. The van der Waals surface area contributed by atoms with E-state index in [2.05, 4.69) is 20.7 Å². The summed E-state index contributed by atoms with van der Waals surface area (Å²) in [6.07, 6.45) is 0. The SMILES string of the molecule is COc1ccc(OC)c(CNS(=O)(=O)c2cc(Br)ccc2OC)c1. The van der Waals surface area contributed by atoms with E-state index in [9.17, 15) is 8.42 Å².